The Morgan fingerprint density at radius 2 is 1.48 bits per heavy atom. The number of amides is 1. The zero-order chi connectivity index (χ0) is 15.9. The summed E-state index contributed by atoms with van der Waals surface area (Å²) in [5.41, 5.74) is 2.16. The highest BCUT2D eigenvalue weighted by Crippen LogP contribution is 2.43. The van der Waals surface area contributed by atoms with Crippen molar-refractivity contribution in [1.29, 1.82) is 0 Å². The number of carbonyl (C=O) groups excluding carboxylic acids is 1. The molecule has 0 atom stereocenters. The second-order valence-corrected chi connectivity index (χ2v) is 9.29. The molecule has 23 heavy (non-hydrogen) atoms. The van der Waals surface area contributed by atoms with E-state index in [2.05, 4.69) is 17.4 Å². The maximum atomic E-state index is 12.5. The van der Waals surface area contributed by atoms with E-state index in [1.165, 1.54) is 55.6 Å². The molecule has 1 saturated heterocycles. The van der Waals surface area contributed by atoms with Crippen LogP contribution in [-0.2, 0) is 0 Å². The fraction of sp³-hybridized carbons (Fsp3) is 0.632. The first-order chi connectivity index (χ1) is 11.3. The summed E-state index contributed by atoms with van der Waals surface area (Å²) in [6, 6.07) is 8.66. The van der Waals surface area contributed by atoms with Crippen LogP contribution in [0.15, 0.2) is 24.3 Å². The highest BCUT2D eigenvalue weighted by Gasteiger charge is 2.18. The molecule has 0 aromatic heterocycles. The molecule has 1 aromatic rings. The van der Waals surface area contributed by atoms with E-state index in [4.69, 9.17) is 0 Å². The molecule has 3 rings (SSSR count). The Morgan fingerprint density at radius 3 is 2.13 bits per heavy atom. The minimum atomic E-state index is 0.103. The van der Waals surface area contributed by atoms with Crippen molar-refractivity contribution in [3.8, 4) is 0 Å². The summed E-state index contributed by atoms with van der Waals surface area (Å²) in [6.07, 6.45) is 10.1. The average molecular weight is 350 g/mol. The maximum Gasteiger partial charge on any atom is 0.251 e. The van der Waals surface area contributed by atoms with Crippen molar-refractivity contribution >= 4 is 29.4 Å². The van der Waals surface area contributed by atoms with Crippen LogP contribution in [0.3, 0.4) is 0 Å². The van der Waals surface area contributed by atoms with Crippen molar-refractivity contribution in [2.24, 2.45) is 0 Å². The number of thioether (sulfide) groups is 2. The van der Waals surface area contributed by atoms with Gasteiger partial charge in [0.2, 0.25) is 0 Å². The Hall–Kier alpha value is -0.610. The van der Waals surface area contributed by atoms with Gasteiger partial charge in [-0.3, -0.25) is 4.79 Å². The van der Waals surface area contributed by atoms with E-state index in [0.29, 0.717) is 10.6 Å². The lowest BCUT2D eigenvalue weighted by molar-refractivity contribution is 0.0930. The average Bonchev–Trinajstić information content (AvgIpc) is 2.58. The van der Waals surface area contributed by atoms with Crippen molar-refractivity contribution in [3.63, 3.8) is 0 Å². The lowest BCUT2D eigenvalue weighted by Crippen LogP contribution is -2.35. The molecule has 1 aliphatic carbocycles. The number of benzene rings is 1. The van der Waals surface area contributed by atoms with Crippen molar-refractivity contribution in [2.75, 3.05) is 11.5 Å². The Labute approximate surface area is 148 Å². The quantitative estimate of drug-likeness (QED) is 0.792. The lowest BCUT2D eigenvalue weighted by Gasteiger charge is -2.22. The van der Waals surface area contributed by atoms with Gasteiger partial charge in [-0.1, -0.05) is 44.2 Å². The van der Waals surface area contributed by atoms with Gasteiger partial charge in [0.25, 0.3) is 5.91 Å². The molecule has 4 heteroatoms. The normalized spacial score (nSPS) is 21.4. The summed E-state index contributed by atoms with van der Waals surface area (Å²) in [4.78, 5) is 12.5. The van der Waals surface area contributed by atoms with Gasteiger partial charge in [0, 0.05) is 11.6 Å². The van der Waals surface area contributed by atoms with Crippen LogP contribution in [0.1, 0.15) is 71.9 Å². The van der Waals surface area contributed by atoms with Crippen LogP contribution in [0.25, 0.3) is 0 Å². The molecule has 0 bridgehead atoms. The van der Waals surface area contributed by atoms with Gasteiger partial charge in [-0.05, 0) is 48.5 Å². The van der Waals surface area contributed by atoms with Crippen LogP contribution in [-0.4, -0.2) is 23.5 Å². The van der Waals surface area contributed by atoms with E-state index in [1.807, 2.05) is 35.7 Å². The van der Waals surface area contributed by atoms with Crippen LogP contribution >= 0.6 is 23.5 Å². The Bertz CT molecular complexity index is 489. The molecule has 1 saturated carbocycles. The van der Waals surface area contributed by atoms with Gasteiger partial charge in [0.05, 0.1) is 4.58 Å². The first-order valence-electron chi connectivity index (χ1n) is 8.97. The summed E-state index contributed by atoms with van der Waals surface area (Å²) in [5, 5.41) is 3.25. The van der Waals surface area contributed by atoms with Crippen LogP contribution in [0.5, 0.6) is 0 Å². The van der Waals surface area contributed by atoms with Gasteiger partial charge in [-0.2, -0.15) is 0 Å². The number of rotatable bonds is 3. The van der Waals surface area contributed by atoms with Crippen LogP contribution in [0, 0.1) is 0 Å². The highest BCUT2D eigenvalue weighted by atomic mass is 32.2. The molecule has 1 heterocycles. The van der Waals surface area contributed by atoms with E-state index >= 15 is 0 Å². The van der Waals surface area contributed by atoms with E-state index in [-0.39, 0.29) is 5.91 Å². The number of nitrogens with one attached hydrogen (secondary N) is 1. The smallest absolute Gasteiger partial charge is 0.251 e. The minimum Gasteiger partial charge on any atom is -0.349 e. The fourth-order valence-electron chi connectivity index (χ4n) is 3.34. The number of hydrogen-bond acceptors (Lipinski definition) is 3. The SMILES string of the molecule is O=C(NC1CCCCCCC1)c1ccc(C2SCCCS2)cc1. The summed E-state index contributed by atoms with van der Waals surface area (Å²) >= 11 is 4.05. The molecule has 0 spiro atoms. The third-order valence-electron chi connectivity index (χ3n) is 4.71. The molecule has 2 nitrogen and oxygen atoms in total. The van der Waals surface area contributed by atoms with Crippen molar-refractivity contribution in [3.05, 3.63) is 35.4 Å². The molecule has 126 valence electrons. The monoisotopic (exact) mass is 349 g/mol. The molecule has 0 radical (unpaired) electrons. The standard InChI is InChI=1S/C19H27NOS2/c21-18(20-17-7-4-2-1-3-5-8-17)15-9-11-16(12-10-15)19-22-13-6-14-23-19/h9-12,17,19H,1-8,13-14H2,(H,20,21). The highest BCUT2D eigenvalue weighted by molar-refractivity contribution is 8.16. The van der Waals surface area contributed by atoms with Crippen LogP contribution in [0.2, 0.25) is 0 Å². The summed E-state index contributed by atoms with van der Waals surface area (Å²) in [6.45, 7) is 0. The Balaban J connectivity index is 1.56. The van der Waals surface area contributed by atoms with Crippen molar-refractivity contribution in [1.82, 2.24) is 5.32 Å². The molecule has 1 amide bonds. The summed E-state index contributed by atoms with van der Waals surface area (Å²) in [7, 11) is 0. The van der Waals surface area contributed by atoms with E-state index in [1.54, 1.807) is 0 Å². The van der Waals surface area contributed by atoms with E-state index in [9.17, 15) is 4.79 Å². The van der Waals surface area contributed by atoms with Gasteiger partial charge in [0.15, 0.2) is 0 Å². The lowest BCUT2D eigenvalue weighted by atomic mass is 9.96. The zero-order valence-electron chi connectivity index (χ0n) is 13.8. The molecule has 2 aliphatic rings. The van der Waals surface area contributed by atoms with Crippen molar-refractivity contribution < 1.29 is 4.79 Å². The molecule has 2 fully saturated rings. The first kappa shape index (κ1) is 17.2. The maximum absolute atomic E-state index is 12.5. The van der Waals surface area contributed by atoms with Gasteiger partial charge in [0.1, 0.15) is 0 Å². The van der Waals surface area contributed by atoms with Gasteiger partial charge < -0.3 is 5.32 Å². The van der Waals surface area contributed by atoms with E-state index in [0.717, 1.165) is 18.4 Å². The largest absolute Gasteiger partial charge is 0.349 e. The third-order valence-corrected chi connectivity index (χ3v) is 7.73. The molecular formula is C19H27NOS2. The Morgan fingerprint density at radius 1 is 0.870 bits per heavy atom. The van der Waals surface area contributed by atoms with Crippen LogP contribution in [0.4, 0.5) is 0 Å². The topological polar surface area (TPSA) is 29.1 Å². The van der Waals surface area contributed by atoms with Gasteiger partial charge in [-0.15, -0.1) is 23.5 Å². The second-order valence-electron chi connectivity index (χ2n) is 6.56. The number of hydrogen-bond donors (Lipinski definition) is 1. The predicted molar refractivity (Wildman–Crippen MR) is 102 cm³/mol. The van der Waals surface area contributed by atoms with Crippen LogP contribution < -0.4 is 5.32 Å². The first-order valence-corrected chi connectivity index (χ1v) is 11.1. The third kappa shape index (κ3) is 5.18. The second kappa shape index (κ2) is 9.03. The summed E-state index contributed by atoms with van der Waals surface area (Å²) in [5.74, 6) is 2.61. The summed E-state index contributed by atoms with van der Waals surface area (Å²) < 4.78 is 0.548. The molecule has 1 aromatic carbocycles. The predicted octanol–water partition coefficient (Wildman–Crippen LogP) is 5.40. The van der Waals surface area contributed by atoms with Crippen molar-refractivity contribution in [2.45, 2.75) is 62.0 Å². The minimum absolute atomic E-state index is 0.103. The van der Waals surface area contributed by atoms with Gasteiger partial charge >= 0.3 is 0 Å². The van der Waals surface area contributed by atoms with E-state index < -0.39 is 0 Å². The molecular weight excluding hydrogens is 322 g/mol. The zero-order valence-corrected chi connectivity index (χ0v) is 15.4. The molecule has 0 unspecified atom stereocenters. The number of carbonyl (C=O) groups is 1. The fourth-order valence-corrected chi connectivity index (χ4v) is 6.24. The van der Waals surface area contributed by atoms with Gasteiger partial charge in [-0.25, -0.2) is 0 Å². The molecule has 1 N–H and O–H groups in total. The Kier molecular flexibility index (Phi) is 6.76. The molecule has 1 aliphatic heterocycles.